The monoisotopic (exact) mass is 399 g/mol. The zero-order valence-electron chi connectivity index (χ0n) is 12.2. The molecule has 3 rings (SSSR count). The van der Waals surface area contributed by atoms with Gasteiger partial charge in [0.15, 0.2) is 0 Å². The minimum Gasteiger partial charge on any atom is -0.434 e. The number of nitrogens with one attached hydrogen (secondary N) is 2. The van der Waals surface area contributed by atoms with E-state index in [-0.39, 0.29) is 17.2 Å². The van der Waals surface area contributed by atoms with Crippen LogP contribution in [0.2, 0.25) is 0 Å². The number of carbonyl (C=O) groups is 2. The van der Waals surface area contributed by atoms with E-state index in [2.05, 4.69) is 36.3 Å². The molecule has 1 aromatic heterocycles. The fraction of sp³-hybridized carbons (Fsp3) is 0.267. The standard InChI is InChI=1S/C15H12BrF2N3O3/c16-9-4-7-3-8(13(22)21-10-1-2-19-14(10)23)6-20-11(7)5-12(9)24-15(17)18/h3-6,10,15H,1-2H2,(H,19,23)(H,21,22)/t10-/m0/s1. The topological polar surface area (TPSA) is 80.3 Å². The fourth-order valence-electron chi connectivity index (χ4n) is 2.41. The van der Waals surface area contributed by atoms with Gasteiger partial charge in [-0.2, -0.15) is 8.78 Å². The molecule has 0 bridgehead atoms. The van der Waals surface area contributed by atoms with Crippen molar-refractivity contribution in [2.75, 3.05) is 6.54 Å². The fourth-order valence-corrected chi connectivity index (χ4v) is 2.87. The van der Waals surface area contributed by atoms with E-state index >= 15 is 0 Å². The number of rotatable bonds is 4. The third-order valence-corrected chi connectivity index (χ3v) is 4.19. The maximum absolute atomic E-state index is 12.3. The lowest BCUT2D eigenvalue weighted by Crippen LogP contribution is -2.40. The van der Waals surface area contributed by atoms with E-state index in [1.165, 1.54) is 12.3 Å². The molecule has 0 radical (unpaired) electrons. The van der Waals surface area contributed by atoms with Gasteiger partial charge in [0.1, 0.15) is 11.8 Å². The highest BCUT2D eigenvalue weighted by Gasteiger charge is 2.26. The van der Waals surface area contributed by atoms with Crippen LogP contribution in [-0.2, 0) is 4.79 Å². The number of hydrogen-bond donors (Lipinski definition) is 2. The molecule has 1 aliphatic heterocycles. The molecular formula is C15H12BrF2N3O3. The van der Waals surface area contributed by atoms with E-state index in [4.69, 9.17) is 0 Å². The number of ether oxygens (including phenoxy) is 1. The van der Waals surface area contributed by atoms with Crippen LogP contribution in [0, 0.1) is 0 Å². The average Bonchev–Trinajstić information content (AvgIpc) is 2.92. The molecule has 0 unspecified atom stereocenters. The van der Waals surface area contributed by atoms with Crippen LogP contribution in [0.4, 0.5) is 8.78 Å². The predicted molar refractivity (Wildman–Crippen MR) is 85.0 cm³/mol. The van der Waals surface area contributed by atoms with Gasteiger partial charge in [-0.1, -0.05) is 0 Å². The Hall–Kier alpha value is -2.29. The second-order valence-electron chi connectivity index (χ2n) is 5.18. The third-order valence-electron chi connectivity index (χ3n) is 3.57. The van der Waals surface area contributed by atoms with Crippen molar-refractivity contribution >= 4 is 38.6 Å². The first-order chi connectivity index (χ1) is 11.4. The number of carbonyl (C=O) groups excluding carboxylic acids is 2. The summed E-state index contributed by atoms with van der Waals surface area (Å²) in [5.41, 5.74) is 0.681. The lowest BCUT2D eigenvalue weighted by atomic mass is 10.1. The van der Waals surface area contributed by atoms with Crippen LogP contribution >= 0.6 is 15.9 Å². The van der Waals surface area contributed by atoms with Crippen molar-refractivity contribution in [2.45, 2.75) is 19.1 Å². The maximum atomic E-state index is 12.3. The Morgan fingerprint density at radius 2 is 2.21 bits per heavy atom. The second-order valence-corrected chi connectivity index (χ2v) is 6.04. The van der Waals surface area contributed by atoms with Gasteiger partial charge >= 0.3 is 6.61 Å². The van der Waals surface area contributed by atoms with Crippen LogP contribution in [0.25, 0.3) is 10.9 Å². The molecule has 2 N–H and O–H groups in total. The summed E-state index contributed by atoms with van der Waals surface area (Å²) in [7, 11) is 0. The number of hydrogen-bond acceptors (Lipinski definition) is 4. The van der Waals surface area contributed by atoms with Gasteiger partial charge in [-0.25, -0.2) is 0 Å². The Morgan fingerprint density at radius 1 is 1.42 bits per heavy atom. The number of fused-ring (bicyclic) bond motifs is 1. The Labute approximate surface area is 143 Å². The quantitative estimate of drug-likeness (QED) is 0.825. The van der Waals surface area contributed by atoms with Gasteiger partial charge in [0.25, 0.3) is 5.91 Å². The number of alkyl halides is 2. The highest BCUT2D eigenvalue weighted by molar-refractivity contribution is 9.10. The molecule has 0 aliphatic carbocycles. The van der Waals surface area contributed by atoms with Crippen molar-refractivity contribution in [1.82, 2.24) is 15.6 Å². The van der Waals surface area contributed by atoms with E-state index in [1.807, 2.05) is 0 Å². The molecular weight excluding hydrogens is 388 g/mol. The second kappa shape index (κ2) is 6.68. The van der Waals surface area contributed by atoms with Gasteiger partial charge in [-0.3, -0.25) is 14.6 Å². The molecule has 2 amide bonds. The van der Waals surface area contributed by atoms with Crippen LogP contribution in [0.15, 0.2) is 28.9 Å². The normalized spacial score (nSPS) is 17.2. The van der Waals surface area contributed by atoms with Crippen molar-refractivity contribution < 1.29 is 23.1 Å². The first-order valence-corrected chi connectivity index (χ1v) is 7.86. The highest BCUT2D eigenvalue weighted by atomic mass is 79.9. The first-order valence-electron chi connectivity index (χ1n) is 7.07. The van der Waals surface area contributed by atoms with Crippen LogP contribution < -0.4 is 15.4 Å². The molecule has 24 heavy (non-hydrogen) atoms. The lowest BCUT2D eigenvalue weighted by molar-refractivity contribution is -0.120. The van der Waals surface area contributed by atoms with Crippen LogP contribution in [0.5, 0.6) is 5.75 Å². The minimum atomic E-state index is -2.94. The zero-order valence-corrected chi connectivity index (χ0v) is 13.8. The number of amides is 2. The molecule has 9 heteroatoms. The minimum absolute atomic E-state index is 0.0372. The summed E-state index contributed by atoms with van der Waals surface area (Å²) in [6, 6.07) is 3.92. The van der Waals surface area contributed by atoms with Crippen molar-refractivity contribution in [1.29, 1.82) is 0 Å². The van der Waals surface area contributed by atoms with E-state index in [0.29, 0.717) is 28.3 Å². The van der Waals surface area contributed by atoms with Gasteiger partial charge in [0, 0.05) is 24.2 Å². The van der Waals surface area contributed by atoms with Gasteiger partial charge in [0.05, 0.1) is 15.6 Å². The number of aromatic nitrogens is 1. The van der Waals surface area contributed by atoms with Crippen molar-refractivity contribution in [3.63, 3.8) is 0 Å². The summed E-state index contributed by atoms with van der Waals surface area (Å²) in [5, 5.41) is 5.85. The number of benzene rings is 1. The summed E-state index contributed by atoms with van der Waals surface area (Å²) in [5.74, 6) is -0.672. The van der Waals surface area contributed by atoms with E-state index in [1.54, 1.807) is 12.1 Å². The van der Waals surface area contributed by atoms with Crippen LogP contribution in [-0.4, -0.2) is 36.0 Å². The summed E-state index contributed by atoms with van der Waals surface area (Å²) in [6.07, 6.45) is 1.86. The van der Waals surface area contributed by atoms with Crippen LogP contribution in [0.3, 0.4) is 0 Å². The van der Waals surface area contributed by atoms with Gasteiger partial charge < -0.3 is 15.4 Å². The Kier molecular flexibility index (Phi) is 4.61. The van der Waals surface area contributed by atoms with Crippen molar-refractivity contribution in [3.05, 3.63) is 34.4 Å². The van der Waals surface area contributed by atoms with E-state index in [0.717, 1.165) is 0 Å². The number of pyridine rings is 1. The SMILES string of the molecule is O=C(N[C@H]1CCNC1=O)c1cnc2cc(OC(F)F)c(Br)cc2c1. The van der Waals surface area contributed by atoms with E-state index < -0.39 is 18.6 Å². The van der Waals surface area contributed by atoms with Gasteiger partial charge in [-0.15, -0.1) is 0 Å². The molecule has 1 aliphatic rings. The van der Waals surface area contributed by atoms with Crippen LogP contribution in [0.1, 0.15) is 16.8 Å². The summed E-state index contributed by atoms with van der Waals surface area (Å²) in [6.45, 7) is -2.42. The Balaban J connectivity index is 1.85. The zero-order chi connectivity index (χ0) is 17.3. The highest BCUT2D eigenvalue weighted by Crippen LogP contribution is 2.31. The smallest absolute Gasteiger partial charge is 0.387 e. The molecule has 1 fully saturated rings. The first kappa shape index (κ1) is 16.6. The number of halogens is 3. The molecule has 126 valence electrons. The molecule has 2 aromatic rings. The predicted octanol–water partition coefficient (Wildman–Crippen LogP) is 2.22. The molecule has 1 aromatic carbocycles. The average molecular weight is 400 g/mol. The lowest BCUT2D eigenvalue weighted by Gasteiger charge is -2.11. The molecule has 6 nitrogen and oxygen atoms in total. The molecule has 1 atom stereocenters. The molecule has 1 saturated heterocycles. The van der Waals surface area contributed by atoms with Crippen molar-refractivity contribution in [2.24, 2.45) is 0 Å². The van der Waals surface area contributed by atoms with Crippen molar-refractivity contribution in [3.8, 4) is 5.75 Å². The summed E-state index contributed by atoms with van der Waals surface area (Å²) in [4.78, 5) is 27.8. The summed E-state index contributed by atoms with van der Waals surface area (Å²) >= 11 is 3.15. The molecule has 0 saturated carbocycles. The maximum Gasteiger partial charge on any atom is 0.387 e. The van der Waals surface area contributed by atoms with Gasteiger partial charge in [0.2, 0.25) is 5.91 Å². The van der Waals surface area contributed by atoms with Gasteiger partial charge in [-0.05, 0) is 34.5 Å². The number of nitrogens with zero attached hydrogens (tertiary/aromatic N) is 1. The Bertz CT molecular complexity index is 816. The summed E-state index contributed by atoms with van der Waals surface area (Å²) < 4.78 is 29.4. The molecule has 2 heterocycles. The largest absolute Gasteiger partial charge is 0.434 e. The Morgan fingerprint density at radius 3 is 2.88 bits per heavy atom. The third kappa shape index (κ3) is 3.45. The molecule has 0 spiro atoms. The van der Waals surface area contributed by atoms with E-state index in [9.17, 15) is 18.4 Å².